The van der Waals surface area contributed by atoms with Gasteiger partial charge in [0.2, 0.25) is 0 Å². The fraction of sp³-hybridized carbons (Fsp3) is 0.717. The van der Waals surface area contributed by atoms with E-state index >= 15 is 0 Å². The highest BCUT2D eigenvalue weighted by Gasteiger charge is 2.28. The van der Waals surface area contributed by atoms with Crippen molar-refractivity contribution in [3.8, 4) is 0 Å². The van der Waals surface area contributed by atoms with Gasteiger partial charge in [-0.25, -0.2) is 4.57 Å². The Morgan fingerprint density at radius 3 is 1.43 bits per heavy atom. The van der Waals surface area contributed by atoms with Gasteiger partial charge in [0.15, 0.2) is 6.10 Å². The number of carbonyl (C=O) groups is 3. The van der Waals surface area contributed by atoms with Gasteiger partial charge >= 0.3 is 25.7 Å². The summed E-state index contributed by atoms with van der Waals surface area (Å²) in [7, 11) is -4.73. The van der Waals surface area contributed by atoms with E-state index in [1.165, 1.54) is 70.6 Å². The molecule has 0 fully saturated rings. The highest BCUT2D eigenvalue weighted by atomic mass is 31.2. The van der Waals surface area contributed by atoms with Crippen molar-refractivity contribution in [2.75, 3.05) is 19.8 Å². The molecule has 0 aromatic carbocycles. The Labute approximate surface area is 351 Å². The summed E-state index contributed by atoms with van der Waals surface area (Å²) < 4.78 is 32.7. The predicted molar refractivity (Wildman–Crippen MR) is 235 cm³/mol. The molecule has 0 radical (unpaired) electrons. The van der Waals surface area contributed by atoms with Crippen molar-refractivity contribution in [2.45, 2.75) is 193 Å². The molecule has 12 heteroatoms. The average Bonchev–Trinajstić information content (AvgIpc) is 3.20. The van der Waals surface area contributed by atoms with Gasteiger partial charge in [0.1, 0.15) is 12.6 Å². The normalized spacial score (nSPS) is 14.3. The molecule has 0 amide bonds. The smallest absolute Gasteiger partial charge is 0.472 e. The van der Waals surface area contributed by atoms with Crippen molar-refractivity contribution < 1.29 is 47.5 Å². The molecule has 0 aromatic rings. The van der Waals surface area contributed by atoms with E-state index in [1.807, 2.05) is 0 Å². The van der Waals surface area contributed by atoms with Crippen LogP contribution in [-0.4, -0.2) is 59.9 Å². The fourth-order valence-corrected chi connectivity index (χ4v) is 6.47. The van der Waals surface area contributed by atoms with Crippen molar-refractivity contribution in [2.24, 2.45) is 5.73 Å². The molecule has 11 nitrogen and oxygen atoms in total. The molecule has 0 aliphatic rings. The quantitative estimate of drug-likeness (QED) is 0.0231. The van der Waals surface area contributed by atoms with Crippen molar-refractivity contribution >= 4 is 25.7 Å². The number of aliphatic carboxylic acids is 1. The number of carboxylic acid groups (broad SMARTS) is 1. The van der Waals surface area contributed by atoms with Crippen LogP contribution in [0.3, 0.4) is 0 Å². The Bertz CT molecular complexity index is 1210. The third-order valence-electron chi connectivity index (χ3n) is 9.24. The summed E-state index contributed by atoms with van der Waals surface area (Å²) in [5.74, 6) is -2.43. The van der Waals surface area contributed by atoms with Crippen LogP contribution < -0.4 is 5.73 Å². The minimum atomic E-state index is -4.73. The third kappa shape index (κ3) is 40.0. The molecule has 0 spiro atoms. The summed E-state index contributed by atoms with van der Waals surface area (Å²) in [5, 5.41) is 8.89. The standard InChI is InChI=1S/C46H80NO10P/c1-3-5-7-9-11-13-15-17-19-20-21-22-24-25-27-29-31-33-35-37-44(48)54-39-42(40-55-58(52,53)56-41-43(47)46(50)51)57-45(49)38-36-34-32-30-28-26-23-18-16-14-12-10-8-6-4-2/h11,13-14,16-17,19,21-22,25,27,42-43H,3-10,12,15,18,20,23-24,26,28-41,47H2,1-2H3,(H,50,51)(H,52,53)/b13-11+,16-14+,19-17+,22-21+,27-25+/t42-,43+/m1/s1. The van der Waals surface area contributed by atoms with Crippen LogP contribution in [-0.2, 0) is 37.5 Å². The van der Waals surface area contributed by atoms with Gasteiger partial charge in [0, 0.05) is 12.8 Å². The molecule has 58 heavy (non-hydrogen) atoms. The van der Waals surface area contributed by atoms with Gasteiger partial charge < -0.3 is 25.2 Å². The minimum absolute atomic E-state index is 0.147. The van der Waals surface area contributed by atoms with Crippen LogP contribution in [0.4, 0.5) is 0 Å². The van der Waals surface area contributed by atoms with Crippen LogP contribution in [0.1, 0.15) is 181 Å². The van der Waals surface area contributed by atoms with Crippen LogP contribution in [0.2, 0.25) is 0 Å². The van der Waals surface area contributed by atoms with Crippen LogP contribution in [0.25, 0.3) is 0 Å². The van der Waals surface area contributed by atoms with E-state index in [0.717, 1.165) is 70.6 Å². The molecule has 0 saturated heterocycles. The maximum atomic E-state index is 12.6. The second-order valence-corrected chi connectivity index (χ2v) is 16.3. The lowest BCUT2D eigenvalue weighted by molar-refractivity contribution is -0.161. The van der Waals surface area contributed by atoms with Crippen molar-refractivity contribution in [1.82, 2.24) is 0 Å². The van der Waals surface area contributed by atoms with E-state index in [1.54, 1.807) is 0 Å². The van der Waals surface area contributed by atoms with E-state index in [-0.39, 0.29) is 19.4 Å². The molecule has 0 bridgehead atoms. The number of rotatable bonds is 41. The first kappa shape index (κ1) is 55.2. The lowest BCUT2D eigenvalue weighted by Gasteiger charge is -2.20. The first-order valence-corrected chi connectivity index (χ1v) is 23.8. The first-order chi connectivity index (χ1) is 28.1. The number of hydrogen-bond acceptors (Lipinski definition) is 9. The van der Waals surface area contributed by atoms with Crippen molar-refractivity contribution in [3.05, 3.63) is 60.8 Å². The largest absolute Gasteiger partial charge is 0.480 e. The first-order valence-electron chi connectivity index (χ1n) is 22.3. The molecule has 0 aromatic heterocycles. The third-order valence-corrected chi connectivity index (χ3v) is 10.2. The maximum absolute atomic E-state index is 12.6. The molecule has 3 atom stereocenters. The monoisotopic (exact) mass is 838 g/mol. The van der Waals surface area contributed by atoms with Crippen LogP contribution in [0, 0.1) is 0 Å². The van der Waals surface area contributed by atoms with E-state index in [0.29, 0.717) is 12.8 Å². The lowest BCUT2D eigenvalue weighted by atomic mass is 10.1. The number of phosphoric acid groups is 1. The average molecular weight is 838 g/mol. The summed E-state index contributed by atoms with van der Waals surface area (Å²) >= 11 is 0. The van der Waals surface area contributed by atoms with Gasteiger partial charge in [-0.1, -0.05) is 145 Å². The molecule has 0 aliphatic carbocycles. The summed E-state index contributed by atoms with van der Waals surface area (Å²) in [6.07, 6.45) is 47.1. The molecule has 0 heterocycles. The molecule has 334 valence electrons. The predicted octanol–water partition coefficient (Wildman–Crippen LogP) is 12.0. The maximum Gasteiger partial charge on any atom is 0.472 e. The zero-order valence-electron chi connectivity index (χ0n) is 36.1. The Hall–Kier alpha value is -2.82. The van der Waals surface area contributed by atoms with Gasteiger partial charge in [-0.3, -0.25) is 23.4 Å². The Morgan fingerprint density at radius 2 is 0.914 bits per heavy atom. The SMILES string of the molecule is CCCCC/C=C/C/C=C/C/C=C/C/C=C/CCCCCC(=O)OC[C@H](COP(=O)(O)OC[C@H](N)C(=O)O)OC(=O)CCCCCCCCC/C=C/CCCCCC. The van der Waals surface area contributed by atoms with Crippen LogP contribution in [0.15, 0.2) is 60.8 Å². The lowest BCUT2D eigenvalue weighted by Crippen LogP contribution is -2.34. The van der Waals surface area contributed by atoms with E-state index in [4.69, 9.17) is 24.8 Å². The molecular formula is C46H80NO10P. The minimum Gasteiger partial charge on any atom is -0.480 e. The summed E-state index contributed by atoms with van der Waals surface area (Å²) in [6, 6.07) is -1.53. The van der Waals surface area contributed by atoms with Crippen LogP contribution in [0.5, 0.6) is 0 Å². The Balaban J connectivity index is 4.42. The zero-order chi connectivity index (χ0) is 42.8. The molecule has 0 rings (SSSR count). The van der Waals surface area contributed by atoms with Gasteiger partial charge in [-0.15, -0.1) is 0 Å². The van der Waals surface area contributed by atoms with E-state index in [9.17, 15) is 23.8 Å². The zero-order valence-corrected chi connectivity index (χ0v) is 37.0. The Kier molecular flexibility index (Phi) is 38.9. The second kappa shape index (κ2) is 40.9. The molecule has 0 aliphatic heterocycles. The molecular weight excluding hydrogens is 757 g/mol. The number of hydrogen-bond donors (Lipinski definition) is 3. The number of carboxylic acids is 1. The van der Waals surface area contributed by atoms with Gasteiger partial charge in [0.05, 0.1) is 13.2 Å². The number of esters is 2. The Morgan fingerprint density at radius 1 is 0.534 bits per heavy atom. The fourth-order valence-electron chi connectivity index (χ4n) is 5.69. The van der Waals surface area contributed by atoms with Gasteiger partial charge in [-0.2, -0.15) is 0 Å². The van der Waals surface area contributed by atoms with E-state index in [2.05, 4.69) is 79.1 Å². The second-order valence-electron chi connectivity index (χ2n) is 14.8. The van der Waals surface area contributed by atoms with Gasteiger partial charge in [-0.05, 0) is 83.5 Å². The number of nitrogens with two attached hydrogens (primary N) is 1. The molecule has 4 N–H and O–H groups in total. The number of phosphoric ester groups is 1. The molecule has 1 unspecified atom stereocenters. The highest BCUT2D eigenvalue weighted by molar-refractivity contribution is 7.47. The molecule has 0 saturated carbocycles. The number of ether oxygens (including phenoxy) is 2. The van der Waals surface area contributed by atoms with E-state index < -0.39 is 51.1 Å². The number of unbranched alkanes of at least 4 members (excludes halogenated alkanes) is 17. The van der Waals surface area contributed by atoms with Crippen molar-refractivity contribution in [3.63, 3.8) is 0 Å². The van der Waals surface area contributed by atoms with Gasteiger partial charge in [0.25, 0.3) is 0 Å². The van der Waals surface area contributed by atoms with Crippen molar-refractivity contribution in [1.29, 1.82) is 0 Å². The number of carbonyl (C=O) groups excluding carboxylic acids is 2. The highest BCUT2D eigenvalue weighted by Crippen LogP contribution is 2.43. The summed E-state index contributed by atoms with van der Waals surface area (Å²) in [4.78, 5) is 46.0. The summed E-state index contributed by atoms with van der Waals surface area (Å²) in [6.45, 7) is 2.72. The summed E-state index contributed by atoms with van der Waals surface area (Å²) in [5.41, 5.74) is 5.33. The number of allylic oxidation sites excluding steroid dienone is 10. The van der Waals surface area contributed by atoms with Crippen LogP contribution >= 0.6 is 7.82 Å². The topological polar surface area (TPSA) is 172 Å².